The Morgan fingerprint density at radius 2 is 1.71 bits per heavy atom. The maximum atomic E-state index is 11.8. The molecule has 0 aromatic heterocycles. The molecule has 0 aliphatic rings. The van der Waals surface area contributed by atoms with Crippen LogP contribution in [0.3, 0.4) is 0 Å². The number of aliphatic carboxylic acids is 1. The van der Waals surface area contributed by atoms with E-state index in [4.69, 9.17) is 15.6 Å². The fraction of sp³-hybridized carbons (Fsp3) is 0.576. The number of hydrogen-bond acceptors (Lipinski definition) is 7. The molecule has 7 nitrogen and oxygen atoms in total. The molecule has 2 unspecified atom stereocenters. The number of Topliss-reactive ketones (excluding diaryl/α,β-unsaturated/α-hetero) is 1. The number of benzene rings is 2. The number of ether oxygens (including phenoxy) is 1. The van der Waals surface area contributed by atoms with E-state index in [-0.39, 0.29) is 24.3 Å². The number of nitrogens with two attached hydrogens (primary N) is 1. The second-order valence-corrected chi connectivity index (χ2v) is 12.2. The summed E-state index contributed by atoms with van der Waals surface area (Å²) in [6, 6.07) is 13.0. The molecule has 5 N–H and O–H groups in total. The molecular formula is C33H52N2O5S. The van der Waals surface area contributed by atoms with Gasteiger partial charge in [-0.3, -0.25) is 9.59 Å². The predicted octanol–water partition coefficient (Wildman–Crippen LogP) is 6.74. The normalized spacial score (nSPS) is 12.7. The molecule has 41 heavy (non-hydrogen) atoms. The summed E-state index contributed by atoms with van der Waals surface area (Å²) in [7, 11) is 1.60. The lowest BCUT2D eigenvalue weighted by atomic mass is 9.90. The Morgan fingerprint density at radius 1 is 1.05 bits per heavy atom. The van der Waals surface area contributed by atoms with Crippen LogP contribution in [0.4, 0.5) is 0 Å². The van der Waals surface area contributed by atoms with Crippen molar-refractivity contribution in [2.45, 2.75) is 103 Å². The van der Waals surface area contributed by atoms with E-state index in [0.717, 1.165) is 40.2 Å². The van der Waals surface area contributed by atoms with Crippen LogP contribution >= 0.6 is 11.8 Å². The molecule has 2 aromatic rings. The van der Waals surface area contributed by atoms with Crippen molar-refractivity contribution < 1.29 is 24.5 Å². The molecule has 8 heteroatoms. The highest BCUT2D eigenvalue weighted by molar-refractivity contribution is 7.99. The number of carbonyl (C=O) groups excluding carboxylic acids is 1. The van der Waals surface area contributed by atoms with Gasteiger partial charge in [0, 0.05) is 35.2 Å². The molecular weight excluding hydrogens is 536 g/mol. The molecule has 0 heterocycles. The van der Waals surface area contributed by atoms with Crippen LogP contribution in [0.1, 0.15) is 102 Å². The number of unbranched alkanes of at least 4 members (excludes halogenated alkanes) is 2. The molecule has 2 atom stereocenters. The Labute approximate surface area is 251 Å². The summed E-state index contributed by atoms with van der Waals surface area (Å²) in [5.41, 5.74) is 9.74. The number of nitrogens with one attached hydrogen (secondary N) is 1. The zero-order valence-electron chi connectivity index (χ0n) is 25.9. The van der Waals surface area contributed by atoms with Gasteiger partial charge in [-0.05, 0) is 35.1 Å². The minimum absolute atomic E-state index is 0.0602. The summed E-state index contributed by atoms with van der Waals surface area (Å²) in [4.78, 5) is 24.2. The number of thioether (sulfide) groups is 1. The summed E-state index contributed by atoms with van der Waals surface area (Å²) in [5.74, 6) is 0.157. The minimum atomic E-state index is -1.01. The van der Waals surface area contributed by atoms with Crippen LogP contribution in [0.2, 0.25) is 0 Å². The van der Waals surface area contributed by atoms with Crippen LogP contribution in [-0.4, -0.2) is 47.5 Å². The fourth-order valence-corrected chi connectivity index (χ4v) is 5.44. The van der Waals surface area contributed by atoms with Crippen LogP contribution in [0.15, 0.2) is 47.4 Å². The van der Waals surface area contributed by atoms with E-state index < -0.39 is 24.4 Å². The Balaban J connectivity index is 0.00000196. The van der Waals surface area contributed by atoms with Gasteiger partial charge in [0.2, 0.25) is 0 Å². The van der Waals surface area contributed by atoms with Crippen LogP contribution in [0.25, 0.3) is 0 Å². The fourth-order valence-electron chi connectivity index (χ4n) is 4.18. The van der Waals surface area contributed by atoms with Crippen molar-refractivity contribution in [2.24, 2.45) is 11.1 Å². The van der Waals surface area contributed by atoms with E-state index in [1.165, 1.54) is 19.3 Å². The maximum absolute atomic E-state index is 11.8. The Bertz CT molecular complexity index is 1040. The van der Waals surface area contributed by atoms with Gasteiger partial charge >= 0.3 is 5.97 Å². The standard InChI is InChI=1S/C29H42N2O5S.C4H10/c1-5-6-12-29(2,3)19-37-26-13-21(17-31-22(15-27(34)35)14-23(33)18-32)25(36-4)16-24(26)28(30)20-10-8-7-9-11-20;1-3-4-2/h7-11,13,16,22,28,31-32H,5-6,12,14-15,17-19,30H2,1-4H3,(H,34,35);3-4H2,1-2H3. The first-order valence-corrected chi connectivity index (χ1v) is 15.7. The van der Waals surface area contributed by atoms with Crippen LogP contribution in [0, 0.1) is 5.41 Å². The van der Waals surface area contributed by atoms with Crippen molar-refractivity contribution >= 4 is 23.5 Å². The number of ketones is 1. The van der Waals surface area contributed by atoms with Gasteiger partial charge in [0.15, 0.2) is 5.78 Å². The molecule has 2 aromatic carbocycles. The van der Waals surface area contributed by atoms with Gasteiger partial charge in [-0.15, -0.1) is 11.8 Å². The average molecular weight is 589 g/mol. The van der Waals surface area contributed by atoms with Gasteiger partial charge in [-0.25, -0.2) is 0 Å². The van der Waals surface area contributed by atoms with Crippen molar-refractivity contribution in [1.82, 2.24) is 5.32 Å². The van der Waals surface area contributed by atoms with Gasteiger partial charge in [0.05, 0.1) is 19.6 Å². The summed E-state index contributed by atoms with van der Waals surface area (Å²) in [6.07, 6.45) is 5.83. The third-order valence-corrected chi connectivity index (χ3v) is 8.48. The number of carboxylic acid groups (broad SMARTS) is 1. The Hall–Kier alpha value is -2.39. The lowest BCUT2D eigenvalue weighted by Crippen LogP contribution is -2.34. The molecule has 2 rings (SSSR count). The molecule has 230 valence electrons. The molecule has 0 saturated heterocycles. The molecule has 0 aliphatic carbocycles. The van der Waals surface area contributed by atoms with Crippen LogP contribution in [-0.2, 0) is 16.1 Å². The minimum Gasteiger partial charge on any atom is -0.496 e. The van der Waals surface area contributed by atoms with E-state index >= 15 is 0 Å². The third-order valence-electron chi connectivity index (χ3n) is 6.88. The monoisotopic (exact) mass is 588 g/mol. The van der Waals surface area contributed by atoms with Gasteiger partial charge in [-0.2, -0.15) is 0 Å². The molecule has 0 amide bonds. The van der Waals surface area contributed by atoms with Gasteiger partial charge in [0.25, 0.3) is 0 Å². The predicted molar refractivity (Wildman–Crippen MR) is 170 cm³/mol. The smallest absolute Gasteiger partial charge is 0.304 e. The highest BCUT2D eigenvalue weighted by Crippen LogP contribution is 2.39. The second kappa shape index (κ2) is 19.7. The first-order chi connectivity index (χ1) is 19.5. The number of rotatable bonds is 18. The lowest BCUT2D eigenvalue weighted by Gasteiger charge is -2.26. The molecule has 0 aliphatic heterocycles. The van der Waals surface area contributed by atoms with Crippen LogP contribution < -0.4 is 15.8 Å². The Morgan fingerprint density at radius 3 is 2.24 bits per heavy atom. The van der Waals surface area contributed by atoms with Crippen molar-refractivity contribution in [2.75, 3.05) is 19.5 Å². The third kappa shape index (κ3) is 13.9. The molecule has 0 bridgehead atoms. The van der Waals surface area contributed by atoms with Crippen molar-refractivity contribution in [3.05, 3.63) is 59.2 Å². The SMILES string of the molecule is CCCC.CCCCC(C)(C)CSc1cc(CNC(CC(=O)O)CC(=O)CO)c(OC)cc1C(N)c1ccccc1. The zero-order chi connectivity index (χ0) is 30.8. The average Bonchev–Trinajstić information content (AvgIpc) is 2.97. The van der Waals surface area contributed by atoms with Crippen molar-refractivity contribution in [3.8, 4) is 5.75 Å². The van der Waals surface area contributed by atoms with Crippen molar-refractivity contribution in [1.29, 1.82) is 0 Å². The van der Waals surface area contributed by atoms with E-state index in [1.807, 2.05) is 36.4 Å². The Kier molecular flexibility index (Phi) is 17.6. The number of carboxylic acids is 1. The van der Waals surface area contributed by atoms with Crippen molar-refractivity contribution in [3.63, 3.8) is 0 Å². The number of aliphatic hydroxyl groups excluding tert-OH is 1. The summed E-state index contributed by atoms with van der Waals surface area (Å²) < 4.78 is 5.71. The quantitative estimate of drug-likeness (QED) is 0.141. The summed E-state index contributed by atoms with van der Waals surface area (Å²) >= 11 is 1.78. The molecule has 0 radical (unpaired) electrons. The summed E-state index contributed by atoms with van der Waals surface area (Å²) in [6.45, 7) is 10.8. The zero-order valence-corrected chi connectivity index (χ0v) is 26.7. The summed E-state index contributed by atoms with van der Waals surface area (Å²) in [5, 5.41) is 21.6. The molecule has 0 fully saturated rings. The highest BCUT2D eigenvalue weighted by atomic mass is 32.2. The largest absolute Gasteiger partial charge is 0.496 e. The first-order valence-electron chi connectivity index (χ1n) is 14.7. The maximum Gasteiger partial charge on any atom is 0.304 e. The van der Waals surface area contributed by atoms with Crippen LogP contribution in [0.5, 0.6) is 5.75 Å². The number of methoxy groups -OCH3 is 1. The van der Waals surface area contributed by atoms with Gasteiger partial charge < -0.3 is 26.0 Å². The van der Waals surface area contributed by atoms with Gasteiger partial charge in [-0.1, -0.05) is 90.6 Å². The van der Waals surface area contributed by atoms with E-state index in [9.17, 15) is 14.7 Å². The number of carbonyl (C=O) groups is 2. The van der Waals surface area contributed by atoms with Gasteiger partial charge in [0.1, 0.15) is 12.4 Å². The molecule has 0 spiro atoms. The van der Waals surface area contributed by atoms with E-state index in [1.54, 1.807) is 18.9 Å². The highest BCUT2D eigenvalue weighted by Gasteiger charge is 2.23. The topological polar surface area (TPSA) is 122 Å². The number of hydrogen-bond donors (Lipinski definition) is 4. The second-order valence-electron chi connectivity index (χ2n) is 11.2. The number of aliphatic hydroxyl groups is 1. The van der Waals surface area contributed by atoms with E-state index in [2.05, 4.69) is 46.0 Å². The first kappa shape index (κ1) is 36.6. The lowest BCUT2D eigenvalue weighted by molar-refractivity contribution is -0.137. The molecule has 0 saturated carbocycles. The van der Waals surface area contributed by atoms with E-state index in [0.29, 0.717) is 12.3 Å².